The Morgan fingerprint density at radius 3 is 2.39 bits per heavy atom. The molecule has 0 amide bonds. The Kier molecular flexibility index (Phi) is 4.74. The van der Waals surface area contributed by atoms with E-state index in [1.165, 1.54) is 0 Å². The van der Waals surface area contributed by atoms with Crippen molar-refractivity contribution in [2.75, 3.05) is 0 Å². The normalized spacial score (nSPS) is 12.4. The first-order valence-corrected chi connectivity index (χ1v) is 7.24. The second-order valence-corrected chi connectivity index (χ2v) is 6.07. The number of nitrogens with two attached hydrogens (primary N) is 1. The number of rotatable bonds is 4. The first-order valence-electron chi connectivity index (χ1n) is 5.63. The second-order valence-electron chi connectivity index (χ2n) is 4.11. The van der Waals surface area contributed by atoms with Gasteiger partial charge in [0.15, 0.2) is 5.16 Å². The SMILES string of the molecule is CC(N)Cc1cnc(Sc2ccc(Br)cc2)nc1. The van der Waals surface area contributed by atoms with Crippen LogP contribution >= 0.6 is 27.7 Å². The monoisotopic (exact) mass is 323 g/mol. The van der Waals surface area contributed by atoms with Gasteiger partial charge in [0, 0.05) is 27.8 Å². The van der Waals surface area contributed by atoms with Crippen LogP contribution in [0.4, 0.5) is 0 Å². The molecule has 0 saturated heterocycles. The Bertz CT molecular complexity index is 497. The molecule has 2 rings (SSSR count). The predicted molar refractivity (Wildman–Crippen MR) is 77.7 cm³/mol. The first-order chi connectivity index (χ1) is 8.63. The summed E-state index contributed by atoms with van der Waals surface area (Å²) in [6, 6.07) is 8.22. The van der Waals surface area contributed by atoms with E-state index in [0.29, 0.717) is 0 Å². The van der Waals surface area contributed by atoms with Crippen LogP contribution in [0.3, 0.4) is 0 Å². The van der Waals surface area contributed by atoms with Crippen molar-refractivity contribution < 1.29 is 0 Å². The number of hydrogen-bond acceptors (Lipinski definition) is 4. The molecule has 0 fully saturated rings. The van der Waals surface area contributed by atoms with E-state index < -0.39 is 0 Å². The highest BCUT2D eigenvalue weighted by atomic mass is 79.9. The largest absolute Gasteiger partial charge is 0.328 e. The fraction of sp³-hybridized carbons (Fsp3) is 0.231. The summed E-state index contributed by atoms with van der Waals surface area (Å²) in [5.41, 5.74) is 6.81. The third-order valence-corrected chi connectivity index (χ3v) is 3.69. The van der Waals surface area contributed by atoms with Crippen LogP contribution < -0.4 is 5.73 Å². The Labute approximate surface area is 119 Å². The summed E-state index contributed by atoms with van der Waals surface area (Å²) in [6.07, 6.45) is 4.50. The number of nitrogens with zero attached hydrogens (tertiary/aromatic N) is 2. The summed E-state index contributed by atoms with van der Waals surface area (Å²) in [5, 5.41) is 0.755. The summed E-state index contributed by atoms with van der Waals surface area (Å²) >= 11 is 4.96. The van der Waals surface area contributed by atoms with Gasteiger partial charge in [-0.3, -0.25) is 0 Å². The molecule has 1 aromatic carbocycles. The molecule has 2 aromatic rings. The molecule has 0 radical (unpaired) electrons. The summed E-state index contributed by atoms with van der Waals surface area (Å²) in [5.74, 6) is 0. The van der Waals surface area contributed by atoms with Gasteiger partial charge in [-0.15, -0.1) is 0 Å². The van der Waals surface area contributed by atoms with Crippen LogP contribution in [0.25, 0.3) is 0 Å². The van der Waals surface area contributed by atoms with E-state index >= 15 is 0 Å². The number of aromatic nitrogens is 2. The van der Waals surface area contributed by atoms with Crippen LogP contribution in [0, 0.1) is 0 Å². The van der Waals surface area contributed by atoms with Gasteiger partial charge in [-0.1, -0.05) is 15.9 Å². The van der Waals surface area contributed by atoms with Crippen LogP contribution in [0.1, 0.15) is 12.5 Å². The van der Waals surface area contributed by atoms with Gasteiger partial charge in [-0.05, 0) is 54.9 Å². The zero-order chi connectivity index (χ0) is 13.0. The molecule has 0 aliphatic rings. The van der Waals surface area contributed by atoms with E-state index in [1.807, 2.05) is 43.6 Å². The maximum Gasteiger partial charge on any atom is 0.192 e. The Hall–Kier alpha value is -0.910. The van der Waals surface area contributed by atoms with Crippen LogP contribution in [-0.2, 0) is 6.42 Å². The minimum absolute atomic E-state index is 0.138. The quantitative estimate of drug-likeness (QED) is 0.877. The topological polar surface area (TPSA) is 51.8 Å². The van der Waals surface area contributed by atoms with E-state index in [0.717, 1.165) is 26.5 Å². The van der Waals surface area contributed by atoms with Gasteiger partial charge < -0.3 is 5.73 Å². The van der Waals surface area contributed by atoms with Gasteiger partial charge in [0.25, 0.3) is 0 Å². The van der Waals surface area contributed by atoms with E-state index in [1.54, 1.807) is 11.8 Å². The van der Waals surface area contributed by atoms with Gasteiger partial charge in [0.1, 0.15) is 0 Å². The molecule has 0 aliphatic heterocycles. The predicted octanol–water partition coefficient (Wildman–Crippen LogP) is 3.28. The zero-order valence-corrected chi connectivity index (χ0v) is 12.4. The molecule has 0 aliphatic carbocycles. The molecule has 3 nitrogen and oxygen atoms in total. The number of halogens is 1. The third-order valence-electron chi connectivity index (χ3n) is 2.26. The Morgan fingerprint density at radius 2 is 1.83 bits per heavy atom. The van der Waals surface area contributed by atoms with E-state index in [4.69, 9.17) is 5.73 Å². The van der Waals surface area contributed by atoms with Gasteiger partial charge in [0.2, 0.25) is 0 Å². The fourth-order valence-corrected chi connectivity index (χ4v) is 2.44. The lowest BCUT2D eigenvalue weighted by Gasteiger charge is -2.05. The van der Waals surface area contributed by atoms with E-state index in [-0.39, 0.29) is 6.04 Å². The number of hydrogen-bond donors (Lipinski definition) is 1. The highest BCUT2D eigenvalue weighted by Crippen LogP contribution is 2.25. The highest BCUT2D eigenvalue weighted by molar-refractivity contribution is 9.10. The summed E-state index contributed by atoms with van der Waals surface area (Å²) in [4.78, 5) is 9.79. The third kappa shape index (κ3) is 4.08. The van der Waals surface area contributed by atoms with E-state index in [9.17, 15) is 0 Å². The second kappa shape index (κ2) is 6.31. The summed E-state index contributed by atoms with van der Waals surface area (Å²) in [6.45, 7) is 1.98. The van der Waals surface area contributed by atoms with Crippen molar-refractivity contribution in [2.45, 2.75) is 29.4 Å². The van der Waals surface area contributed by atoms with Gasteiger partial charge in [-0.25, -0.2) is 9.97 Å². The van der Waals surface area contributed by atoms with Gasteiger partial charge >= 0.3 is 0 Å². The Balaban J connectivity index is 2.04. The lowest BCUT2D eigenvalue weighted by Crippen LogP contribution is -2.17. The molecule has 1 unspecified atom stereocenters. The fourth-order valence-electron chi connectivity index (χ4n) is 1.48. The maximum absolute atomic E-state index is 5.73. The van der Waals surface area contributed by atoms with Crippen molar-refractivity contribution in [1.82, 2.24) is 9.97 Å². The molecule has 94 valence electrons. The molecule has 1 atom stereocenters. The zero-order valence-electron chi connectivity index (χ0n) is 10.0. The van der Waals surface area contributed by atoms with Crippen LogP contribution in [0.5, 0.6) is 0 Å². The number of benzene rings is 1. The Morgan fingerprint density at radius 1 is 1.22 bits per heavy atom. The average molecular weight is 324 g/mol. The minimum atomic E-state index is 0.138. The van der Waals surface area contributed by atoms with E-state index in [2.05, 4.69) is 25.9 Å². The molecule has 0 bridgehead atoms. The van der Waals surface area contributed by atoms with Crippen molar-refractivity contribution in [3.63, 3.8) is 0 Å². The lowest BCUT2D eigenvalue weighted by atomic mass is 10.1. The van der Waals surface area contributed by atoms with Crippen molar-refractivity contribution in [3.8, 4) is 0 Å². The summed E-state index contributed by atoms with van der Waals surface area (Å²) in [7, 11) is 0. The highest BCUT2D eigenvalue weighted by Gasteiger charge is 2.02. The standard InChI is InChI=1S/C13H14BrN3S/c1-9(15)6-10-7-16-13(17-8-10)18-12-4-2-11(14)3-5-12/h2-5,7-9H,6,15H2,1H3. The van der Waals surface area contributed by atoms with Crippen LogP contribution in [-0.4, -0.2) is 16.0 Å². The minimum Gasteiger partial charge on any atom is -0.328 e. The molecule has 1 aromatic heterocycles. The average Bonchev–Trinajstić information content (AvgIpc) is 2.34. The molecule has 5 heteroatoms. The van der Waals surface area contributed by atoms with Gasteiger partial charge in [0.05, 0.1) is 0 Å². The lowest BCUT2D eigenvalue weighted by molar-refractivity contribution is 0.727. The van der Waals surface area contributed by atoms with Crippen molar-refractivity contribution >= 4 is 27.7 Å². The summed E-state index contributed by atoms with van der Waals surface area (Å²) < 4.78 is 1.07. The molecule has 0 saturated carbocycles. The first kappa shape index (κ1) is 13.5. The van der Waals surface area contributed by atoms with Crippen LogP contribution in [0.15, 0.2) is 51.2 Å². The molecule has 18 heavy (non-hydrogen) atoms. The van der Waals surface area contributed by atoms with Crippen molar-refractivity contribution in [1.29, 1.82) is 0 Å². The van der Waals surface area contributed by atoms with Crippen molar-refractivity contribution in [2.24, 2.45) is 5.73 Å². The maximum atomic E-state index is 5.73. The molecule has 0 spiro atoms. The van der Waals surface area contributed by atoms with Crippen molar-refractivity contribution in [3.05, 3.63) is 46.7 Å². The van der Waals surface area contributed by atoms with Crippen LogP contribution in [0.2, 0.25) is 0 Å². The smallest absolute Gasteiger partial charge is 0.192 e. The molecule has 2 N–H and O–H groups in total. The molecular weight excluding hydrogens is 310 g/mol. The van der Waals surface area contributed by atoms with Gasteiger partial charge in [-0.2, -0.15) is 0 Å². The molecule has 1 heterocycles. The molecular formula is C13H14BrN3S.